The van der Waals surface area contributed by atoms with Crippen LogP contribution in [-0.2, 0) is 14.8 Å². The van der Waals surface area contributed by atoms with E-state index in [0.29, 0.717) is 24.9 Å². The molecule has 3 atom stereocenters. The number of likely N-dealkylation sites (tertiary alicyclic amines) is 1. The summed E-state index contributed by atoms with van der Waals surface area (Å²) in [5.41, 5.74) is 0. The van der Waals surface area contributed by atoms with Crippen LogP contribution in [0.5, 0.6) is 0 Å². The molecule has 120 valence electrons. The number of rotatable bonds is 2. The first-order chi connectivity index (χ1) is 9.98. The second-order valence-electron chi connectivity index (χ2n) is 6.82. The van der Waals surface area contributed by atoms with Crippen LogP contribution in [0.1, 0.15) is 51.4 Å². The molecule has 0 spiro atoms. The third kappa shape index (κ3) is 2.97. The molecule has 0 radical (unpaired) electrons. The first kappa shape index (κ1) is 15.3. The van der Waals surface area contributed by atoms with Crippen molar-refractivity contribution in [3.63, 3.8) is 0 Å². The minimum Gasteiger partial charge on any atom is -0.338 e. The van der Waals surface area contributed by atoms with Crippen LogP contribution in [0.2, 0.25) is 0 Å². The van der Waals surface area contributed by atoms with Gasteiger partial charge in [0.15, 0.2) is 0 Å². The summed E-state index contributed by atoms with van der Waals surface area (Å²) in [7, 11) is -3.28. The zero-order chi connectivity index (χ0) is 15.0. The highest BCUT2D eigenvalue weighted by Crippen LogP contribution is 2.36. The van der Waals surface area contributed by atoms with Crippen molar-refractivity contribution in [1.82, 2.24) is 9.21 Å². The smallest absolute Gasteiger partial charge is 0.241 e. The van der Waals surface area contributed by atoms with E-state index in [1.807, 2.05) is 4.90 Å². The number of carbonyl (C=O) groups excluding carboxylic acids is 1. The molecule has 1 aliphatic carbocycles. The Morgan fingerprint density at radius 1 is 0.952 bits per heavy atom. The van der Waals surface area contributed by atoms with Gasteiger partial charge in [-0.1, -0.05) is 12.8 Å². The van der Waals surface area contributed by atoms with Crippen molar-refractivity contribution < 1.29 is 13.2 Å². The normalized spacial score (nSPS) is 34.7. The molecule has 6 heteroatoms. The van der Waals surface area contributed by atoms with Crippen LogP contribution in [0.25, 0.3) is 0 Å². The summed E-state index contributed by atoms with van der Waals surface area (Å²) < 4.78 is 25.2. The summed E-state index contributed by atoms with van der Waals surface area (Å²) >= 11 is 0. The van der Waals surface area contributed by atoms with Crippen molar-refractivity contribution in [2.45, 2.75) is 63.5 Å². The quantitative estimate of drug-likeness (QED) is 0.778. The largest absolute Gasteiger partial charge is 0.338 e. The summed E-state index contributed by atoms with van der Waals surface area (Å²) in [6, 6.07) is -0.0808. The fourth-order valence-corrected chi connectivity index (χ4v) is 5.59. The Labute approximate surface area is 127 Å². The Morgan fingerprint density at radius 2 is 1.62 bits per heavy atom. The minimum atomic E-state index is -3.28. The Bertz CT molecular complexity index is 503. The molecule has 0 aromatic rings. The monoisotopic (exact) mass is 314 g/mol. The average molecular weight is 314 g/mol. The Balaban J connectivity index is 1.77. The van der Waals surface area contributed by atoms with Gasteiger partial charge in [0.2, 0.25) is 15.9 Å². The zero-order valence-corrected chi connectivity index (χ0v) is 13.6. The van der Waals surface area contributed by atoms with Crippen molar-refractivity contribution in [2.24, 2.45) is 5.92 Å². The maximum absolute atomic E-state index is 12.9. The van der Waals surface area contributed by atoms with Crippen LogP contribution in [0.3, 0.4) is 0 Å². The molecule has 0 bridgehead atoms. The van der Waals surface area contributed by atoms with E-state index in [9.17, 15) is 13.2 Å². The zero-order valence-electron chi connectivity index (χ0n) is 12.8. The van der Waals surface area contributed by atoms with Crippen LogP contribution in [-0.4, -0.2) is 55.0 Å². The predicted octanol–water partition coefficient (Wildman–Crippen LogP) is 1.59. The van der Waals surface area contributed by atoms with E-state index in [4.69, 9.17) is 0 Å². The van der Waals surface area contributed by atoms with E-state index >= 15 is 0 Å². The lowest BCUT2D eigenvalue weighted by Gasteiger charge is -2.45. The van der Waals surface area contributed by atoms with Crippen LogP contribution in [0.4, 0.5) is 0 Å². The highest BCUT2D eigenvalue weighted by Gasteiger charge is 2.43. The molecule has 2 aliphatic heterocycles. The van der Waals surface area contributed by atoms with Gasteiger partial charge in [0.25, 0.3) is 0 Å². The number of carbonyl (C=O) groups is 1. The topological polar surface area (TPSA) is 57.7 Å². The first-order valence-corrected chi connectivity index (χ1v) is 10.1. The minimum absolute atomic E-state index is 0.0644. The van der Waals surface area contributed by atoms with Crippen molar-refractivity contribution in [3.05, 3.63) is 0 Å². The summed E-state index contributed by atoms with van der Waals surface area (Å²) in [6.45, 7) is 1.31. The number of amides is 1. The van der Waals surface area contributed by atoms with Crippen LogP contribution < -0.4 is 0 Å². The molecule has 5 nitrogen and oxygen atoms in total. The maximum atomic E-state index is 12.9. The number of hydrogen-bond donors (Lipinski definition) is 0. The molecule has 0 aromatic heterocycles. The van der Waals surface area contributed by atoms with E-state index in [-0.39, 0.29) is 5.91 Å². The maximum Gasteiger partial charge on any atom is 0.241 e. The number of hydrogen-bond acceptors (Lipinski definition) is 3. The molecular formula is C15H26N2O3S. The Hall–Kier alpha value is -0.620. The molecule has 3 rings (SSSR count). The van der Waals surface area contributed by atoms with Crippen molar-refractivity contribution in [1.29, 1.82) is 0 Å². The van der Waals surface area contributed by atoms with Gasteiger partial charge in [0.05, 0.1) is 6.26 Å². The molecule has 2 heterocycles. The third-order valence-electron chi connectivity index (χ3n) is 5.44. The summed E-state index contributed by atoms with van der Waals surface area (Å²) in [5.74, 6) is 0.707. The van der Waals surface area contributed by atoms with Gasteiger partial charge < -0.3 is 4.90 Å². The van der Waals surface area contributed by atoms with Gasteiger partial charge in [-0.2, -0.15) is 4.31 Å². The third-order valence-corrected chi connectivity index (χ3v) is 6.73. The average Bonchev–Trinajstić information content (AvgIpc) is 2.95. The number of fused-ring (bicyclic) bond motifs is 1. The highest BCUT2D eigenvalue weighted by molar-refractivity contribution is 7.88. The van der Waals surface area contributed by atoms with Gasteiger partial charge in [0, 0.05) is 19.1 Å². The lowest BCUT2D eigenvalue weighted by atomic mass is 9.78. The number of nitrogens with zero attached hydrogens (tertiary/aromatic N) is 2. The lowest BCUT2D eigenvalue weighted by molar-refractivity contribution is -0.141. The summed E-state index contributed by atoms with van der Waals surface area (Å²) in [5, 5.41) is 0. The van der Waals surface area contributed by atoms with Crippen LogP contribution in [0.15, 0.2) is 0 Å². The van der Waals surface area contributed by atoms with Gasteiger partial charge >= 0.3 is 0 Å². The lowest BCUT2D eigenvalue weighted by Crippen LogP contribution is -2.55. The molecule has 2 saturated heterocycles. The SMILES string of the molecule is CS(=O)(=O)N1CCCC1C(=O)N1CCCC2CCCCC21. The molecule has 1 saturated carbocycles. The van der Waals surface area contributed by atoms with E-state index in [0.717, 1.165) is 25.8 Å². The van der Waals surface area contributed by atoms with Crippen molar-refractivity contribution in [3.8, 4) is 0 Å². The van der Waals surface area contributed by atoms with E-state index in [2.05, 4.69) is 0 Å². The van der Waals surface area contributed by atoms with E-state index in [1.54, 1.807) is 0 Å². The van der Waals surface area contributed by atoms with E-state index in [1.165, 1.54) is 36.2 Å². The molecule has 3 unspecified atom stereocenters. The molecular weight excluding hydrogens is 288 g/mol. The van der Waals surface area contributed by atoms with E-state index < -0.39 is 16.1 Å². The number of sulfonamides is 1. The summed E-state index contributed by atoms with van der Waals surface area (Å²) in [6.07, 6.45) is 9.81. The Kier molecular flexibility index (Phi) is 4.28. The first-order valence-electron chi connectivity index (χ1n) is 8.26. The van der Waals surface area contributed by atoms with Crippen molar-refractivity contribution >= 4 is 15.9 Å². The molecule has 1 amide bonds. The van der Waals surface area contributed by atoms with Gasteiger partial charge in [-0.25, -0.2) is 8.42 Å². The summed E-state index contributed by atoms with van der Waals surface area (Å²) in [4.78, 5) is 15.0. The fraction of sp³-hybridized carbons (Fsp3) is 0.933. The Morgan fingerprint density at radius 3 is 2.38 bits per heavy atom. The van der Waals surface area contributed by atoms with Crippen LogP contribution in [0, 0.1) is 5.92 Å². The molecule has 0 N–H and O–H groups in total. The predicted molar refractivity (Wildman–Crippen MR) is 81.3 cm³/mol. The van der Waals surface area contributed by atoms with Gasteiger partial charge in [-0.3, -0.25) is 4.79 Å². The molecule has 21 heavy (non-hydrogen) atoms. The van der Waals surface area contributed by atoms with Crippen LogP contribution >= 0.6 is 0 Å². The number of piperidine rings is 1. The van der Waals surface area contributed by atoms with Gasteiger partial charge in [-0.05, 0) is 44.4 Å². The standard InChI is InChI=1S/C15H26N2O3S/c1-21(19,20)17-11-5-9-14(17)15(18)16-10-4-7-12-6-2-3-8-13(12)16/h12-14H,2-11H2,1H3. The second kappa shape index (κ2) is 5.88. The molecule has 3 fully saturated rings. The fourth-order valence-electron chi connectivity index (χ4n) is 4.47. The second-order valence-corrected chi connectivity index (χ2v) is 8.75. The van der Waals surface area contributed by atoms with Crippen molar-refractivity contribution in [2.75, 3.05) is 19.3 Å². The van der Waals surface area contributed by atoms with Gasteiger partial charge in [0.1, 0.15) is 6.04 Å². The highest BCUT2D eigenvalue weighted by atomic mass is 32.2. The molecule has 3 aliphatic rings. The van der Waals surface area contributed by atoms with Gasteiger partial charge in [-0.15, -0.1) is 0 Å². The molecule has 0 aromatic carbocycles.